The first-order valence-corrected chi connectivity index (χ1v) is 15.3. The minimum absolute atomic E-state index is 0.867. The number of hydrogen-bond acceptors (Lipinski definition) is 3. The van der Waals surface area contributed by atoms with Gasteiger partial charge in [0.2, 0.25) is 0 Å². The number of thiophene rings is 1. The Morgan fingerprint density at radius 1 is 0.442 bits per heavy atom. The van der Waals surface area contributed by atoms with Gasteiger partial charge in [0.15, 0.2) is 0 Å². The van der Waals surface area contributed by atoms with Crippen molar-refractivity contribution < 1.29 is 8.83 Å². The van der Waals surface area contributed by atoms with Crippen LogP contribution in [-0.2, 0) is 0 Å². The highest BCUT2D eigenvalue weighted by atomic mass is 32.1. The van der Waals surface area contributed by atoms with E-state index in [1.165, 1.54) is 64.0 Å². The maximum absolute atomic E-state index is 6.45. The van der Waals surface area contributed by atoms with Crippen molar-refractivity contribution in [3.05, 3.63) is 134 Å². The normalized spacial score (nSPS) is 12.2. The third kappa shape index (κ3) is 3.17. The molecule has 2 nitrogen and oxygen atoms in total. The molecule has 0 aliphatic rings. The lowest BCUT2D eigenvalue weighted by molar-refractivity contribution is 0.616. The average molecular weight is 567 g/mol. The summed E-state index contributed by atoms with van der Waals surface area (Å²) < 4.78 is 14.9. The summed E-state index contributed by atoms with van der Waals surface area (Å²) in [6.45, 7) is 0. The summed E-state index contributed by atoms with van der Waals surface area (Å²) in [5.41, 5.74) is 7.59. The van der Waals surface area contributed by atoms with Crippen molar-refractivity contribution in [2.24, 2.45) is 0 Å². The zero-order chi connectivity index (χ0) is 28.1. The molecule has 0 aliphatic carbocycles. The van der Waals surface area contributed by atoms with E-state index in [1.807, 2.05) is 17.4 Å². The van der Waals surface area contributed by atoms with Gasteiger partial charge in [-0.1, -0.05) is 97.1 Å². The first kappa shape index (κ1) is 23.2. The third-order valence-corrected chi connectivity index (χ3v) is 10.2. The van der Waals surface area contributed by atoms with E-state index in [0.717, 1.165) is 32.9 Å². The fourth-order valence-electron chi connectivity index (χ4n) is 7.14. The molecule has 10 rings (SSSR count). The van der Waals surface area contributed by atoms with Crippen LogP contribution in [0.15, 0.2) is 142 Å². The van der Waals surface area contributed by atoms with E-state index < -0.39 is 0 Å². The predicted octanol–water partition coefficient (Wildman–Crippen LogP) is 12.3. The van der Waals surface area contributed by atoms with Crippen LogP contribution < -0.4 is 0 Å². The number of furan rings is 2. The number of rotatable bonds is 2. The highest BCUT2D eigenvalue weighted by molar-refractivity contribution is 7.26. The fraction of sp³-hybridized carbons (Fsp3) is 0. The molecule has 7 aromatic carbocycles. The van der Waals surface area contributed by atoms with Gasteiger partial charge in [-0.15, -0.1) is 11.3 Å². The number of benzene rings is 7. The molecule has 0 radical (unpaired) electrons. The van der Waals surface area contributed by atoms with E-state index in [9.17, 15) is 0 Å². The molecule has 0 saturated heterocycles. The van der Waals surface area contributed by atoms with E-state index in [1.54, 1.807) is 6.26 Å². The van der Waals surface area contributed by atoms with Crippen LogP contribution in [0.25, 0.3) is 96.9 Å². The van der Waals surface area contributed by atoms with E-state index in [0.29, 0.717) is 0 Å². The molecule has 3 heterocycles. The highest BCUT2D eigenvalue weighted by Gasteiger charge is 2.22. The largest absolute Gasteiger partial charge is 0.464 e. The van der Waals surface area contributed by atoms with Crippen LogP contribution in [-0.4, -0.2) is 0 Å². The van der Waals surface area contributed by atoms with Gasteiger partial charge in [-0.3, -0.25) is 0 Å². The molecule has 0 aliphatic heterocycles. The van der Waals surface area contributed by atoms with E-state index >= 15 is 0 Å². The number of hydrogen-bond donors (Lipinski definition) is 0. The van der Waals surface area contributed by atoms with Crippen LogP contribution in [0.5, 0.6) is 0 Å². The van der Waals surface area contributed by atoms with Crippen molar-refractivity contribution in [1.29, 1.82) is 0 Å². The van der Waals surface area contributed by atoms with Gasteiger partial charge in [-0.25, -0.2) is 0 Å². The lowest BCUT2D eigenvalue weighted by atomic mass is 9.84. The Labute approximate surface area is 250 Å². The van der Waals surface area contributed by atoms with Gasteiger partial charge in [-0.2, -0.15) is 0 Å². The molecule has 200 valence electrons. The van der Waals surface area contributed by atoms with Gasteiger partial charge in [0.1, 0.15) is 16.7 Å². The van der Waals surface area contributed by atoms with Crippen molar-refractivity contribution in [1.82, 2.24) is 0 Å². The molecule has 0 saturated carbocycles. The zero-order valence-corrected chi connectivity index (χ0v) is 23.7. The molecule has 0 unspecified atom stereocenters. The van der Waals surface area contributed by atoms with Crippen LogP contribution in [0.3, 0.4) is 0 Å². The van der Waals surface area contributed by atoms with Gasteiger partial charge in [0, 0.05) is 41.9 Å². The molecular weight excluding hydrogens is 545 g/mol. The maximum atomic E-state index is 6.45. The second-order valence-corrected chi connectivity index (χ2v) is 12.3. The quantitative estimate of drug-likeness (QED) is 0.195. The van der Waals surface area contributed by atoms with Gasteiger partial charge in [-0.05, 0) is 68.6 Å². The number of fused-ring (bicyclic) bond motifs is 9. The Balaban J connectivity index is 1.37. The molecule has 0 bridgehead atoms. The van der Waals surface area contributed by atoms with E-state index in [-0.39, 0.29) is 0 Å². The SMILES string of the molecule is c1cc(-c2c3ccccc3c(-c3cccc4c3sc3ccccc34)c3ccccc23)c2c(c1)oc1cc3ccoc3cc12. The maximum Gasteiger partial charge on any atom is 0.136 e. The predicted molar refractivity (Wildman–Crippen MR) is 182 cm³/mol. The summed E-state index contributed by atoms with van der Waals surface area (Å²) in [5.74, 6) is 0. The lowest BCUT2D eigenvalue weighted by Crippen LogP contribution is -1.91. The van der Waals surface area contributed by atoms with E-state index in [4.69, 9.17) is 8.83 Å². The van der Waals surface area contributed by atoms with Crippen LogP contribution in [0.1, 0.15) is 0 Å². The molecule has 0 spiro atoms. The molecule has 0 fully saturated rings. The highest BCUT2D eigenvalue weighted by Crippen LogP contribution is 2.49. The van der Waals surface area contributed by atoms with Crippen LogP contribution in [0.2, 0.25) is 0 Å². The molecular formula is C40H22O2S. The summed E-state index contributed by atoms with van der Waals surface area (Å²) in [4.78, 5) is 0. The molecule has 0 amide bonds. The Hall–Kier alpha value is -5.38. The van der Waals surface area contributed by atoms with Crippen molar-refractivity contribution >= 4 is 86.0 Å². The molecule has 10 aromatic rings. The Morgan fingerprint density at radius 2 is 1.07 bits per heavy atom. The van der Waals surface area contributed by atoms with Gasteiger partial charge in [0.25, 0.3) is 0 Å². The summed E-state index contributed by atoms with van der Waals surface area (Å²) in [7, 11) is 0. The van der Waals surface area contributed by atoms with Crippen LogP contribution in [0.4, 0.5) is 0 Å². The Bertz CT molecular complexity index is 2680. The van der Waals surface area contributed by atoms with Crippen molar-refractivity contribution in [3.63, 3.8) is 0 Å². The van der Waals surface area contributed by atoms with Crippen LogP contribution in [0, 0.1) is 0 Å². The molecule has 43 heavy (non-hydrogen) atoms. The Kier molecular flexibility index (Phi) is 4.63. The second-order valence-electron chi connectivity index (χ2n) is 11.2. The monoisotopic (exact) mass is 566 g/mol. The topological polar surface area (TPSA) is 26.3 Å². The molecule has 0 atom stereocenters. The molecule has 0 N–H and O–H groups in total. The average Bonchev–Trinajstić information content (AvgIpc) is 3.77. The van der Waals surface area contributed by atoms with Crippen molar-refractivity contribution in [2.45, 2.75) is 0 Å². The fourth-order valence-corrected chi connectivity index (χ4v) is 8.36. The third-order valence-electron chi connectivity index (χ3n) is 8.94. The summed E-state index contributed by atoms with van der Waals surface area (Å²) in [6, 6.07) is 45.9. The zero-order valence-electron chi connectivity index (χ0n) is 22.9. The van der Waals surface area contributed by atoms with Gasteiger partial charge in [0.05, 0.1) is 6.26 Å². The lowest BCUT2D eigenvalue weighted by Gasteiger charge is -2.18. The van der Waals surface area contributed by atoms with Crippen LogP contribution >= 0.6 is 11.3 Å². The minimum Gasteiger partial charge on any atom is -0.464 e. The first-order valence-electron chi connectivity index (χ1n) is 14.5. The van der Waals surface area contributed by atoms with Gasteiger partial charge >= 0.3 is 0 Å². The van der Waals surface area contributed by atoms with Crippen molar-refractivity contribution in [3.8, 4) is 22.3 Å². The van der Waals surface area contributed by atoms with Gasteiger partial charge < -0.3 is 8.83 Å². The minimum atomic E-state index is 0.867. The summed E-state index contributed by atoms with van der Waals surface area (Å²) in [5, 5.41) is 10.8. The van der Waals surface area contributed by atoms with Crippen molar-refractivity contribution in [2.75, 3.05) is 0 Å². The summed E-state index contributed by atoms with van der Waals surface area (Å²) in [6.07, 6.45) is 1.74. The molecule has 3 aromatic heterocycles. The van der Waals surface area contributed by atoms with E-state index in [2.05, 4.69) is 121 Å². The second kappa shape index (κ2) is 8.57. The smallest absolute Gasteiger partial charge is 0.136 e. The molecule has 3 heteroatoms. The summed E-state index contributed by atoms with van der Waals surface area (Å²) >= 11 is 1.89. The Morgan fingerprint density at radius 3 is 1.84 bits per heavy atom. The standard InChI is InChI=1S/C40H22O2S/c1-3-12-27-25(10-1)37(30-15-8-17-33-39(30)32-22-34-23(19-20-41-34)21-35(32)42-33)26-11-2-4-13-28(26)38(27)31-16-7-14-29-24-9-5-6-18-36(24)43-40(29)31/h1-22H. The first-order chi connectivity index (χ1) is 21.3.